The van der Waals surface area contributed by atoms with Crippen LogP contribution in [0.5, 0.6) is 0 Å². The second-order valence-electron chi connectivity index (χ2n) is 17.4. The van der Waals surface area contributed by atoms with Gasteiger partial charge in [0.2, 0.25) is 0 Å². The molecular weight excluding hydrogens is 815 g/mol. The molecule has 3 heterocycles. The second-order valence-corrected chi connectivity index (χ2v) is 17.4. The number of aromatic nitrogens is 3. The molecular formula is C63H37N3O. The zero-order chi connectivity index (χ0) is 44.0. The highest BCUT2D eigenvalue weighted by Gasteiger charge is 2.20. The predicted molar refractivity (Wildman–Crippen MR) is 279 cm³/mol. The van der Waals surface area contributed by atoms with Crippen molar-refractivity contribution in [1.29, 1.82) is 0 Å². The largest absolute Gasteiger partial charge is 0.455 e. The molecule has 11 aromatic carbocycles. The molecule has 14 rings (SSSR count). The number of para-hydroxylation sites is 2. The summed E-state index contributed by atoms with van der Waals surface area (Å²) in [5.74, 6) is 0.693. The predicted octanol–water partition coefficient (Wildman–Crippen LogP) is 17.0. The fraction of sp³-hybridized carbons (Fsp3) is 0. The van der Waals surface area contributed by atoms with Crippen LogP contribution in [0.4, 0.5) is 0 Å². The second kappa shape index (κ2) is 14.8. The van der Waals surface area contributed by atoms with Gasteiger partial charge < -0.3 is 4.42 Å². The van der Waals surface area contributed by atoms with Gasteiger partial charge in [0, 0.05) is 49.2 Å². The van der Waals surface area contributed by atoms with Crippen LogP contribution in [0.1, 0.15) is 0 Å². The Morgan fingerprint density at radius 2 is 0.851 bits per heavy atom. The first-order valence-corrected chi connectivity index (χ1v) is 22.7. The smallest absolute Gasteiger partial charge is 0.161 e. The quantitative estimate of drug-likeness (QED) is 0.162. The van der Waals surface area contributed by atoms with Crippen LogP contribution in [0.15, 0.2) is 229 Å². The fourth-order valence-corrected chi connectivity index (χ4v) is 10.5. The molecule has 0 fully saturated rings. The molecule has 310 valence electrons. The molecule has 0 radical (unpaired) electrons. The molecule has 0 atom stereocenters. The molecule has 4 nitrogen and oxygen atoms in total. The first-order valence-electron chi connectivity index (χ1n) is 22.7. The minimum atomic E-state index is 0.693. The average molecular weight is 852 g/mol. The number of fused-ring (bicyclic) bond motifs is 13. The number of furan rings is 1. The highest BCUT2D eigenvalue weighted by atomic mass is 16.3. The third kappa shape index (κ3) is 5.97. The Labute approximate surface area is 385 Å². The van der Waals surface area contributed by atoms with Gasteiger partial charge in [-0.3, -0.25) is 0 Å². The topological polar surface area (TPSA) is 51.8 Å². The Hall–Kier alpha value is -8.99. The molecule has 0 amide bonds. The molecule has 0 aliphatic carbocycles. The van der Waals surface area contributed by atoms with Gasteiger partial charge in [-0.1, -0.05) is 182 Å². The molecule has 0 N–H and O–H groups in total. The van der Waals surface area contributed by atoms with Crippen LogP contribution in [0.3, 0.4) is 0 Å². The zero-order valence-electron chi connectivity index (χ0n) is 36.1. The first-order chi connectivity index (χ1) is 33.2. The maximum Gasteiger partial charge on any atom is 0.161 e. The minimum Gasteiger partial charge on any atom is -0.455 e. The highest BCUT2D eigenvalue weighted by molar-refractivity contribution is 6.25. The molecule has 0 bridgehead atoms. The molecule has 0 aliphatic rings. The normalized spacial score (nSPS) is 11.9. The molecule has 0 unspecified atom stereocenters. The monoisotopic (exact) mass is 851 g/mol. The van der Waals surface area contributed by atoms with Crippen molar-refractivity contribution >= 4 is 86.7 Å². The van der Waals surface area contributed by atoms with E-state index in [9.17, 15) is 0 Å². The van der Waals surface area contributed by atoms with Crippen molar-refractivity contribution in [2.45, 2.75) is 0 Å². The number of rotatable bonds is 5. The summed E-state index contributed by atoms with van der Waals surface area (Å²) < 4.78 is 6.61. The van der Waals surface area contributed by atoms with Crippen LogP contribution < -0.4 is 0 Å². The summed E-state index contributed by atoms with van der Waals surface area (Å²) in [7, 11) is 0. The van der Waals surface area contributed by atoms with Gasteiger partial charge in [-0.15, -0.1) is 0 Å². The first kappa shape index (κ1) is 37.4. The number of hydrogen-bond acceptors (Lipinski definition) is 4. The average Bonchev–Trinajstić information content (AvgIpc) is 3.79. The third-order valence-electron chi connectivity index (χ3n) is 13.6. The lowest BCUT2D eigenvalue weighted by Gasteiger charge is -2.15. The van der Waals surface area contributed by atoms with Crippen molar-refractivity contribution in [3.05, 3.63) is 224 Å². The van der Waals surface area contributed by atoms with Gasteiger partial charge in [0.1, 0.15) is 11.2 Å². The van der Waals surface area contributed by atoms with Crippen LogP contribution >= 0.6 is 0 Å². The van der Waals surface area contributed by atoms with Crippen molar-refractivity contribution < 1.29 is 4.42 Å². The van der Waals surface area contributed by atoms with Crippen molar-refractivity contribution in [3.63, 3.8) is 0 Å². The fourth-order valence-electron chi connectivity index (χ4n) is 10.5. The van der Waals surface area contributed by atoms with Gasteiger partial charge in [-0.05, 0) is 96.7 Å². The maximum absolute atomic E-state index is 6.61. The molecule has 0 saturated heterocycles. The van der Waals surface area contributed by atoms with Crippen LogP contribution in [0.2, 0.25) is 0 Å². The van der Waals surface area contributed by atoms with Crippen molar-refractivity contribution in [3.8, 4) is 56.3 Å². The Morgan fingerprint density at radius 1 is 0.299 bits per heavy atom. The summed E-state index contributed by atoms with van der Waals surface area (Å²) >= 11 is 0. The Kier molecular flexibility index (Phi) is 8.25. The van der Waals surface area contributed by atoms with Gasteiger partial charge in [0.25, 0.3) is 0 Å². The van der Waals surface area contributed by atoms with Crippen LogP contribution in [0.25, 0.3) is 143 Å². The van der Waals surface area contributed by atoms with Gasteiger partial charge in [0.15, 0.2) is 5.82 Å². The SMILES string of the molecule is c1cc(-c2ccc(-c3cc(-c4cc5ccccc5c5ccccc45)nc(-c4cc5ccccc5c5ccccc45)n3)cc2)cc(-c2nc3ccccc3c3c2ccc2c4ccccc4oc23)c1. The molecule has 14 aromatic rings. The molecule has 4 heteroatoms. The van der Waals surface area contributed by atoms with Crippen molar-refractivity contribution in [1.82, 2.24) is 15.0 Å². The highest BCUT2D eigenvalue weighted by Crippen LogP contribution is 2.43. The van der Waals surface area contributed by atoms with Crippen LogP contribution in [0, 0.1) is 0 Å². The summed E-state index contributed by atoms with van der Waals surface area (Å²) in [5.41, 5.74) is 11.7. The Bertz CT molecular complexity index is 4200. The lowest BCUT2D eigenvalue weighted by Crippen LogP contribution is -1.98. The van der Waals surface area contributed by atoms with E-state index in [0.29, 0.717) is 5.82 Å². The van der Waals surface area contributed by atoms with E-state index >= 15 is 0 Å². The summed E-state index contributed by atoms with van der Waals surface area (Å²) in [6, 6.07) is 79.7. The van der Waals surface area contributed by atoms with E-state index in [4.69, 9.17) is 19.4 Å². The molecule has 0 spiro atoms. The Morgan fingerprint density at radius 3 is 1.60 bits per heavy atom. The number of benzene rings is 11. The summed E-state index contributed by atoms with van der Waals surface area (Å²) in [6.07, 6.45) is 0. The van der Waals surface area contributed by atoms with E-state index in [2.05, 4.69) is 212 Å². The summed E-state index contributed by atoms with van der Waals surface area (Å²) in [6.45, 7) is 0. The van der Waals surface area contributed by atoms with E-state index in [1.807, 2.05) is 12.1 Å². The lowest BCUT2D eigenvalue weighted by atomic mass is 9.94. The standard InChI is InChI=1S/C63H37N3O/c1-3-18-44-41(14-1)35-54(48-22-7-5-20-46(44)48)58-37-57(65-63(66-58)55-36-42-15-2-4-19-45(42)47-21-6-8-23-49(47)55)39-30-28-38(29-31-39)40-16-13-17-43(34-40)61-53-33-32-51-50-24-10-12-27-59(50)67-62(51)60(53)52-25-9-11-26-56(52)64-61/h1-37H. The molecule has 0 aliphatic heterocycles. The minimum absolute atomic E-state index is 0.693. The third-order valence-corrected chi connectivity index (χ3v) is 13.6. The van der Waals surface area contributed by atoms with Gasteiger partial charge >= 0.3 is 0 Å². The summed E-state index contributed by atoms with van der Waals surface area (Å²) in [5, 5.41) is 14.9. The van der Waals surface area contributed by atoms with Crippen LogP contribution in [-0.2, 0) is 0 Å². The van der Waals surface area contributed by atoms with Gasteiger partial charge in [0.05, 0.1) is 22.6 Å². The molecule has 0 saturated carbocycles. The molecule has 67 heavy (non-hydrogen) atoms. The van der Waals surface area contributed by atoms with E-state index in [1.165, 1.54) is 26.9 Å². The molecule has 3 aromatic heterocycles. The number of pyridine rings is 1. The summed E-state index contributed by atoms with van der Waals surface area (Å²) in [4.78, 5) is 16.2. The van der Waals surface area contributed by atoms with E-state index in [1.54, 1.807) is 0 Å². The van der Waals surface area contributed by atoms with E-state index in [0.717, 1.165) is 110 Å². The zero-order valence-corrected chi connectivity index (χ0v) is 36.1. The maximum atomic E-state index is 6.61. The van der Waals surface area contributed by atoms with Crippen molar-refractivity contribution in [2.75, 3.05) is 0 Å². The lowest BCUT2D eigenvalue weighted by molar-refractivity contribution is 0.673. The van der Waals surface area contributed by atoms with E-state index in [-0.39, 0.29) is 0 Å². The Balaban J connectivity index is 0.921. The van der Waals surface area contributed by atoms with Gasteiger partial charge in [-0.2, -0.15) is 0 Å². The van der Waals surface area contributed by atoms with Crippen LogP contribution in [-0.4, -0.2) is 15.0 Å². The van der Waals surface area contributed by atoms with Crippen molar-refractivity contribution in [2.24, 2.45) is 0 Å². The number of nitrogens with zero attached hydrogens (tertiary/aromatic N) is 3. The number of hydrogen-bond donors (Lipinski definition) is 0. The van der Waals surface area contributed by atoms with E-state index < -0.39 is 0 Å². The van der Waals surface area contributed by atoms with Gasteiger partial charge in [-0.25, -0.2) is 15.0 Å².